The SMILES string of the molecule is C=C(C)CN(C)c1ccc(N=Nc2nccs2)cc1. The van der Waals surface area contributed by atoms with Crippen LogP contribution in [0.5, 0.6) is 0 Å². The van der Waals surface area contributed by atoms with Crippen LogP contribution in [0.25, 0.3) is 0 Å². The van der Waals surface area contributed by atoms with Crippen molar-refractivity contribution < 1.29 is 0 Å². The van der Waals surface area contributed by atoms with Gasteiger partial charge in [-0.2, -0.15) is 0 Å². The van der Waals surface area contributed by atoms with Gasteiger partial charge in [-0.3, -0.25) is 0 Å². The molecule has 0 radical (unpaired) electrons. The fraction of sp³-hybridized carbons (Fsp3) is 0.214. The number of hydrogen-bond donors (Lipinski definition) is 0. The van der Waals surface area contributed by atoms with Crippen LogP contribution in [-0.2, 0) is 0 Å². The third kappa shape index (κ3) is 3.99. The highest BCUT2D eigenvalue weighted by Crippen LogP contribution is 2.22. The summed E-state index contributed by atoms with van der Waals surface area (Å²) in [7, 11) is 2.04. The Morgan fingerprint density at radius 1 is 1.32 bits per heavy atom. The van der Waals surface area contributed by atoms with E-state index >= 15 is 0 Å². The maximum atomic E-state index is 4.15. The summed E-state index contributed by atoms with van der Waals surface area (Å²) >= 11 is 1.47. The first kappa shape index (κ1) is 13.4. The number of thiazole rings is 1. The van der Waals surface area contributed by atoms with Crippen molar-refractivity contribution in [2.75, 3.05) is 18.5 Å². The summed E-state index contributed by atoms with van der Waals surface area (Å²) < 4.78 is 0. The quantitative estimate of drug-likeness (QED) is 0.591. The Bertz CT molecular complexity index is 558. The molecule has 2 rings (SSSR count). The molecular formula is C14H16N4S. The number of azo groups is 1. The zero-order valence-corrected chi connectivity index (χ0v) is 11.9. The first-order valence-electron chi connectivity index (χ1n) is 5.92. The summed E-state index contributed by atoms with van der Waals surface area (Å²) in [6, 6.07) is 7.95. The third-order valence-electron chi connectivity index (χ3n) is 2.47. The van der Waals surface area contributed by atoms with E-state index in [9.17, 15) is 0 Å². The smallest absolute Gasteiger partial charge is 0.229 e. The normalized spacial score (nSPS) is 10.8. The molecule has 0 N–H and O–H groups in total. The van der Waals surface area contributed by atoms with Crippen molar-refractivity contribution in [2.24, 2.45) is 10.2 Å². The highest BCUT2D eigenvalue weighted by atomic mass is 32.1. The van der Waals surface area contributed by atoms with Gasteiger partial charge in [0.15, 0.2) is 0 Å². The Hall–Kier alpha value is -2.01. The van der Waals surface area contributed by atoms with Crippen LogP contribution in [0, 0.1) is 0 Å². The molecule has 0 unspecified atom stereocenters. The largest absolute Gasteiger partial charge is 0.371 e. The molecule has 0 saturated heterocycles. The molecule has 0 fully saturated rings. The highest BCUT2D eigenvalue weighted by molar-refractivity contribution is 7.13. The van der Waals surface area contributed by atoms with Crippen molar-refractivity contribution in [1.29, 1.82) is 0 Å². The van der Waals surface area contributed by atoms with E-state index in [1.54, 1.807) is 6.20 Å². The average Bonchev–Trinajstić information content (AvgIpc) is 2.89. The number of nitrogens with zero attached hydrogens (tertiary/aromatic N) is 4. The molecular weight excluding hydrogens is 256 g/mol. The zero-order chi connectivity index (χ0) is 13.7. The maximum Gasteiger partial charge on any atom is 0.229 e. The molecule has 2 aromatic rings. The van der Waals surface area contributed by atoms with Gasteiger partial charge in [0.1, 0.15) is 0 Å². The molecule has 1 aromatic carbocycles. The van der Waals surface area contributed by atoms with E-state index in [1.807, 2.05) is 43.6 Å². The molecule has 98 valence electrons. The Morgan fingerprint density at radius 3 is 2.63 bits per heavy atom. The lowest BCUT2D eigenvalue weighted by molar-refractivity contribution is 0.985. The summed E-state index contributed by atoms with van der Waals surface area (Å²) in [6.45, 7) is 6.78. The van der Waals surface area contributed by atoms with E-state index in [0.29, 0.717) is 5.13 Å². The van der Waals surface area contributed by atoms with Crippen molar-refractivity contribution in [1.82, 2.24) is 4.98 Å². The molecule has 5 heteroatoms. The fourth-order valence-corrected chi connectivity index (χ4v) is 2.09. The number of likely N-dealkylation sites (N-methyl/N-ethyl adjacent to an activating group) is 1. The number of benzene rings is 1. The Labute approximate surface area is 117 Å². The molecule has 0 aliphatic heterocycles. The molecule has 0 aliphatic carbocycles. The number of rotatable bonds is 5. The summed E-state index contributed by atoms with van der Waals surface area (Å²) in [4.78, 5) is 6.19. The lowest BCUT2D eigenvalue weighted by Crippen LogP contribution is -2.18. The third-order valence-corrected chi connectivity index (χ3v) is 3.12. The highest BCUT2D eigenvalue weighted by Gasteiger charge is 2.00. The molecule has 1 heterocycles. The second kappa shape index (κ2) is 6.24. The minimum absolute atomic E-state index is 0.670. The van der Waals surface area contributed by atoms with Crippen LogP contribution in [-0.4, -0.2) is 18.6 Å². The lowest BCUT2D eigenvalue weighted by Gasteiger charge is -2.19. The van der Waals surface area contributed by atoms with E-state index in [2.05, 4.69) is 26.7 Å². The molecule has 0 bridgehead atoms. The van der Waals surface area contributed by atoms with Gasteiger partial charge in [-0.05, 0) is 31.2 Å². The topological polar surface area (TPSA) is 40.9 Å². The van der Waals surface area contributed by atoms with Crippen LogP contribution in [0.4, 0.5) is 16.5 Å². The van der Waals surface area contributed by atoms with Crippen molar-refractivity contribution >= 4 is 27.8 Å². The summed E-state index contributed by atoms with van der Waals surface area (Å²) in [5.41, 5.74) is 3.09. The maximum absolute atomic E-state index is 4.15. The van der Waals surface area contributed by atoms with Gasteiger partial charge in [0, 0.05) is 30.9 Å². The molecule has 0 spiro atoms. The van der Waals surface area contributed by atoms with Gasteiger partial charge in [0.05, 0.1) is 5.69 Å². The number of hydrogen-bond acceptors (Lipinski definition) is 5. The summed E-state index contributed by atoms with van der Waals surface area (Å²) in [6.07, 6.45) is 1.72. The van der Waals surface area contributed by atoms with Crippen molar-refractivity contribution in [3.05, 3.63) is 48.0 Å². The molecule has 0 amide bonds. The van der Waals surface area contributed by atoms with E-state index < -0.39 is 0 Å². The number of anilines is 1. The average molecular weight is 272 g/mol. The second-order valence-electron chi connectivity index (χ2n) is 4.34. The molecule has 1 aromatic heterocycles. The molecule has 0 atom stereocenters. The molecule has 0 saturated carbocycles. The van der Waals surface area contributed by atoms with Crippen LogP contribution in [0.3, 0.4) is 0 Å². The van der Waals surface area contributed by atoms with Gasteiger partial charge in [-0.15, -0.1) is 21.6 Å². The minimum Gasteiger partial charge on any atom is -0.371 e. The van der Waals surface area contributed by atoms with Crippen molar-refractivity contribution in [2.45, 2.75) is 6.92 Å². The van der Waals surface area contributed by atoms with Crippen LogP contribution in [0.2, 0.25) is 0 Å². The van der Waals surface area contributed by atoms with E-state index in [-0.39, 0.29) is 0 Å². The van der Waals surface area contributed by atoms with Gasteiger partial charge >= 0.3 is 0 Å². The molecule has 19 heavy (non-hydrogen) atoms. The van der Waals surface area contributed by atoms with Gasteiger partial charge in [-0.25, -0.2) is 4.98 Å². The van der Waals surface area contributed by atoms with Crippen LogP contribution < -0.4 is 4.90 Å². The minimum atomic E-state index is 0.670. The fourth-order valence-electron chi connectivity index (χ4n) is 1.64. The number of aromatic nitrogens is 1. The van der Waals surface area contributed by atoms with Crippen molar-refractivity contribution in [3.63, 3.8) is 0 Å². The van der Waals surface area contributed by atoms with Gasteiger partial charge in [-0.1, -0.05) is 12.2 Å². The van der Waals surface area contributed by atoms with Crippen LogP contribution >= 0.6 is 11.3 Å². The first-order chi connectivity index (χ1) is 9.15. The summed E-state index contributed by atoms with van der Waals surface area (Å²) in [5, 5.41) is 10.8. The van der Waals surface area contributed by atoms with E-state index in [1.165, 1.54) is 11.3 Å². The second-order valence-corrected chi connectivity index (χ2v) is 5.22. The molecule has 4 nitrogen and oxygen atoms in total. The van der Waals surface area contributed by atoms with Crippen LogP contribution in [0.1, 0.15) is 6.92 Å². The Balaban J connectivity index is 2.04. The lowest BCUT2D eigenvalue weighted by atomic mass is 10.2. The Morgan fingerprint density at radius 2 is 2.05 bits per heavy atom. The zero-order valence-electron chi connectivity index (χ0n) is 11.1. The predicted octanol–water partition coefficient (Wildman–Crippen LogP) is 4.57. The Kier molecular flexibility index (Phi) is 4.41. The van der Waals surface area contributed by atoms with E-state index in [4.69, 9.17) is 0 Å². The standard InChI is InChI=1S/C14H16N4S/c1-11(2)10-18(3)13-6-4-12(5-7-13)16-17-14-15-8-9-19-14/h4-9H,1,10H2,2-3H3. The van der Waals surface area contributed by atoms with Crippen LogP contribution in [0.15, 0.2) is 58.2 Å². The van der Waals surface area contributed by atoms with E-state index in [0.717, 1.165) is 23.5 Å². The van der Waals surface area contributed by atoms with Gasteiger partial charge < -0.3 is 4.90 Å². The van der Waals surface area contributed by atoms with Gasteiger partial charge in [0.25, 0.3) is 0 Å². The monoisotopic (exact) mass is 272 g/mol. The summed E-state index contributed by atoms with van der Waals surface area (Å²) in [5.74, 6) is 0. The predicted molar refractivity (Wildman–Crippen MR) is 80.8 cm³/mol. The first-order valence-corrected chi connectivity index (χ1v) is 6.80. The molecule has 0 aliphatic rings. The van der Waals surface area contributed by atoms with Gasteiger partial charge in [0.2, 0.25) is 5.13 Å². The van der Waals surface area contributed by atoms with Crippen molar-refractivity contribution in [3.8, 4) is 0 Å².